The van der Waals surface area contributed by atoms with Crippen molar-refractivity contribution < 1.29 is 80.2 Å². The highest BCUT2D eigenvalue weighted by Gasteiger charge is 2.30. The Morgan fingerprint density at radius 1 is 0.378 bits per heavy atom. The van der Waals surface area contributed by atoms with E-state index in [1.54, 1.807) is 0 Å². The molecule has 0 bridgehead atoms. The zero-order chi connectivity index (χ0) is 54.8. The fourth-order valence-electron chi connectivity index (χ4n) is 7.50. The molecule has 434 valence electrons. The van der Waals surface area contributed by atoms with Gasteiger partial charge in [0, 0.05) is 25.7 Å². The highest BCUT2D eigenvalue weighted by molar-refractivity contribution is 7.47. The molecular formula is C55H102O17P2. The molecule has 3 N–H and O–H groups in total. The molecule has 0 saturated heterocycles. The number of allylic oxidation sites excluding steroid dienone is 4. The number of esters is 4. The maximum Gasteiger partial charge on any atom is 0.472 e. The number of aliphatic hydroxyl groups excluding tert-OH is 1. The number of unbranched alkanes of at least 4 members (excludes halogenated alkanes) is 25. The van der Waals surface area contributed by atoms with E-state index in [1.807, 2.05) is 0 Å². The Bertz CT molecular complexity index is 1540. The van der Waals surface area contributed by atoms with Crippen LogP contribution in [0.1, 0.15) is 246 Å². The molecule has 0 saturated carbocycles. The summed E-state index contributed by atoms with van der Waals surface area (Å²) in [7, 11) is -9.86. The van der Waals surface area contributed by atoms with Crippen molar-refractivity contribution in [3.63, 3.8) is 0 Å². The molecule has 0 aliphatic heterocycles. The average molecular weight is 1100 g/mol. The molecule has 74 heavy (non-hydrogen) atoms. The normalized spacial score (nSPS) is 14.6. The second-order valence-electron chi connectivity index (χ2n) is 19.3. The maximum absolute atomic E-state index is 12.9. The van der Waals surface area contributed by atoms with Crippen LogP contribution in [-0.2, 0) is 65.4 Å². The number of ether oxygens (including phenoxy) is 4. The van der Waals surface area contributed by atoms with Gasteiger partial charge in [-0.25, -0.2) is 9.13 Å². The van der Waals surface area contributed by atoms with Crippen molar-refractivity contribution in [1.29, 1.82) is 0 Å². The van der Waals surface area contributed by atoms with E-state index in [9.17, 15) is 43.2 Å². The number of phosphoric acid groups is 2. The molecule has 0 aromatic rings. The minimum absolute atomic E-state index is 0.0845. The molecular weight excluding hydrogens is 995 g/mol. The summed E-state index contributed by atoms with van der Waals surface area (Å²) in [5.41, 5.74) is 0. The van der Waals surface area contributed by atoms with Gasteiger partial charge in [0.2, 0.25) is 0 Å². The standard InChI is InChI=1S/C55H102O17P2/c1-5-9-13-17-20-21-22-23-24-25-26-27-30-34-38-42-55(60)72-51(46-66-53(58)40-36-32-28-18-14-10-6-2)48-70-74(63,64)68-44-49(56)43-67-73(61,62)69-47-50(45-65-52(57)39-35-31-16-12-8-4)71-54(59)41-37-33-29-19-15-11-7-3/h21-24,49-51,56H,5-20,25-48H2,1-4H3,(H,61,62)(H,63,64)/b22-21-,24-23-/t49-,50+,51+/m0/s1. The SMILES string of the molecule is CCCCCC/C=C\C=C/CCCCCCCC(=O)O[C@H](COC(=O)CCCCCCCCC)COP(=O)(O)OC[C@@H](O)COP(=O)(O)OC[C@@H](COC(=O)CCCCCCC)OC(=O)CCCCCCCCC. The van der Waals surface area contributed by atoms with Gasteiger partial charge in [0.15, 0.2) is 12.2 Å². The summed E-state index contributed by atoms with van der Waals surface area (Å²) < 4.78 is 67.2. The van der Waals surface area contributed by atoms with Gasteiger partial charge in [0.1, 0.15) is 19.3 Å². The summed E-state index contributed by atoms with van der Waals surface area (Å²) in [5.74, 6) is -2.20. The van der Waals surface area contributed by atoms with Crippen LogP contribution in [0.5, 0.6) is 0 Å². The van der Waals surface area contributed by atoms with Crippen molar-refractivity contribution in [2.45, 2.75) is 264 Å². The molecule has 0 aromatic heterocycles. The van der Waals surface area contributed by atoms with Crippen molar-refractivity contribution in [2.75, 3.05) is 39.6 Å². The third kappa shape index (κ3) is 49.1. The van der Waals surface area contributed by atoms with Crippen LogP contribution in [-0.4, -0.2) is 96.7 Å². The number of carbonyl (C=O) groups is 4. The van der Waals surface area contributed by atoms with E-state index in [2.05, 4.69) is 52.0 Å². The number of hydrogen-bond acceptors (Lipinski definition) is 15. The molecule has 2 unspecified atom stereocenters. The van der Waals surface area contributed by atoms with Gasteiger partial charge in [-0.1, -0.05) is 193 Å². The lowest BCUT2D eigenvalue weighted by molar-refractivity contribution is -0.161. The van der Waals surface area contributed by atoms with E-state index >= 15 is 0 Å². The topological polar surface area (TPSA) is 237 Å². The van der Waals surface area contributed by atoms with Crippen LogP contribution < -0.4 is 0 Å². The van der Waals surface area contributed by atoms with Crippen LogP contribution in [0.2, 0.25) is 0 Å². The van der Waals surface area contributed by atoms with Crippen LogP contribution in [0.25, 0.3) is 0 Å². The zero-order valence-electron chi connectivity index (χ0n) is 46.3. The monoisotopic (exact) mass is 1100 g/mol. The summed E-state index contributed by atoms with van der Waals surface area (Å²) >= 11 is 0. The summed E-state index contributed by atoms with van der Waals surface area (Å²) in [6, 6.07) is 0. The van der Waals surface area contributed by atoms with Crippen molar-refractivity contribution >= 4 is 39.5 Å². The van der Waals surface area contributed by atoms with Gasteiger partial charge < -0.3 is 33.8 Å². The van der Waals surface area contributed by atoms with Crippen molar-refractivity contribution in [1.82, 2.24) is 0 Å². The molecule has 0 aliphatic carbocycles. The molecule has 0 radical (unpaired) electrons. The van der Waals surface area contributed by atoms with Gasteiger partial charge in [-0.05, 0) is 51.4 Å². The summed E-state index contributed by atoms with van der Waals surface area (Å²) in [4.78, 5) is 71.2. The minimum Gasteiger partial charge on any atom is -0.462 e. The third-order valence-corrected chi connectivity index (χ3v) is 13.9. The largest absolute Gasteiger partial charge is 0.472 e. The molecule has 17 nitrogen and oxygen atoms in total. The first-order valence-electron chi connectivity index (χ1n) is 28.6. The van der Waals surface area contributed by atoms with Crippen molar-refractivity contribution in [3.8, 4) is 0 Å². The van der Waals surface area contributed by atoms with Gasteiger partial charge in [-0.2, -0.15) is 0 Å². The first-order chi connectivity index (χ1) is 35.7. The number of hydrogen-bond donors (Lipinski definition) is 3. The average Bonchev–Trinajstić information content (AvgIpc) is 3.37. The van der Waals surface area contributed by atoms with Crippen LogP contribution in [0.4, 0.5) is 0 Å². The quantitative estimate of drug-likeness (QED) is 0.0169. The van der Waals surface area contributed by atoms with Gasteiger partial charge in [0.05, 0.1) is 26.4 Å². The first-order valence-corrected chi connectivity index (χ1v) is 31.6. The van der Waals surface area contributed by atoms with Crippen molar-refractivity contribution in [3.05, 3.63) is 24.3 Å². The fourth-order valence-corrected chi connectivity index (χ4v) is 9.08. The Balaban J connectivity index is 5.16. The van der Waals surface area contributed by atoms with Gasteiger partial charge in [0.25, 0.3) is 0 Å². The Kier molecular flexibility index (Phi) is 48.4. The molecule has 5 atom stereocenters. The highest BCUT2D eigenvalue weighted by atomic mass is 31.2. The van der Waals surface area contributed by atoms with Crippen LogP contribution >= 0.6 is 15.6 Å². The van der Waals surface area contributed by atoms with E-state index in [-0.39, 0.29) is 25.7 Å². The van der Waals surface area contributed by atoms with E-state index in [1.165, 1.54) is 32.1 Å². The Morgan fingerprint density at radius 2 is 0.649 bits per heavy atom. The Hall–Kier alpha value is -2.46. The fraction of sp³-hybridized carbons (Fsp3) is 0.855. The van der Waals surface area contributed by atoms with E-state index in [4.69, 9.17) is 37.0 Å². The molecule has 0 heterocycles. The lowest BCUT2D eigenvalue weighted by atomic mass is 10.1. The number of aliphatic hydroxyl groups is 1. The Labute approximate surface area is 446 Å². The van der Waals surface area contributed by atoms with Crippen LogP contribution in [0.3, 0.4) is 0 Å². The molecule has 0 aliphatic rings. The Morgan fingerprint density at radius 3 is 0.986 bits per heavy atom. The van der Waals surface area contributed by atoms with E-state index in [0.717, 1.165) is 135 Å². The highest BCUT2D eigenvalue weighted by Crippen LogP contribution is 2.45. The summed E-state index contributed by atoms with van der Waals surface area (Å²) in [6.45, 7) is 4.58. The number of phosphoric ester groups is 2. The second kappa shape index (κ2) is 50.1. The molecule has 0 aromatic carbocycles. The van der Waals surface area contributed by atoms with Crippen LogP contribution in [0.15, 0.2) is 24.3 Å². The predicted octanol–water partition coefficient (Wildman–Crippen LogP) is 14.0. The smallest absolute Gasteiger partial charge is 0.462 e. The molecule has 0 spiro atoms. The second-order valence-corrected chi connectivity index (χ2v) is 22.2. The zero-order valence-corrected chi connectivity index (χ0v) is 48.1. The lowest BCUT2D eigenvalue weighted by Crippen LogP contribution is -2.30. The van der Waals surface area contributed by atoms with E-state index < -0.39 is 97.5 Å². The lowest BCUT2D eigenvalue weighted by Gasteiger charge is -2.21. The summed E-state index contributed by atoms with van der Waals surface area (Å²) in [6.07, 6.45) is 34.9. The van der Waals surface area contributed by atoms with Gasteiger partial charge in [-0.3, -0.25) is 37.3 Å². The number of carbonyl (C=O) groups excluding carboxylic acids is 4. The molecule has 0 rings (SSSR count). The molecule has 0 fully saturated rings. The molecule has 19 heteroatoms. The summed E-state index contributed by atoms with van der Waals surface area (Å²) in [5, 5.41) is 10.4. The first kappa shape index (κ1) is 71.5. The third-order valence-electron chi connectivity index (χ3n) is 12.0. The van der Waals surface area contributed by atoms with E-state index in [0.29, 0.717) is 25.7 Å². The number of rotatable bonds is 54. The predicted molar refractivity (Wildman–Crippen MR) is 289 cm³/mol. The van der Waals surface area contributed by atoms with Gasteiger partial charge in [-0.15, -0.1) is 0 Å². The van der Waals surface area contributed by atoms with Gasteiger partial charge >= 0.3 is 39.5 Å². The molecule has 0 amide bonds. The van der Waals surface area contributed by atoms with Crippen molar-refractivity contribution in [2.24, 2.45) is 0 Å². The van der Waals surface area contributed by atoms with Crippen LogP contribution in [0, 0.1) is 0 Å². The maximum atomic E-state index is 12.9. The minimum atomic E-state index is -4.94.